The molecule has 33 heavy (non-hydrogen) atoms. The van der Waals surface area contributed by atoms with Crippen molar-refractivity contribution in [3.05, 3.63) is 88.7 Å². The van der Waals surface area contributed by atoms with Crippen LogP contribution in [0.3, 0.4) is 0 Å². The molecule has 0 radical (unpaired) electrons. The second kappa shape index (κ2) is 9.48. The molecule has 0 aliphatic carbocycles. The van der Waals surface area contributed by atoms with Gasteiger partial charge in [-0.25, -0.2) is 4.98 Å². The highest BCUT2D eigenvalue weighted by molar-refractivity contribution is 6.31. The van der Waals surface area contributed by atoms with Crippen LogP contribution in [0.15, 0.2) is 66.7 Å². The molecule has 0 aliphatic heterocycles. The molecular formula is C28H31ClN2O2. The number of fused-ring (bicyclic) bond motifs is 1. The van der Waals surface area contributed by atoms with Crippen LogP contribution >= 0.6 is 11.6 Å². The highest BCUT2D eigenvalue weighted by Gasteiger charge is 2.19. The number of hydrogen-bond donors (Lipinski definition) is 0. The van der Waals surface area contributed by atoms with Gasteiger partial charge in [0.05, 0.1) is 17.6 Å². The van der Waals surface area contributed by atoms with Crippen molar-refractivity contribution in [3.63, 3.8) is 0 Å². The number of hydrogen-bond acceptors (Lipinski definition) is 3. The van der Waals surface area contributed by atoms with Crippen molar-refractivity contribution in [2.75, 3.05) is 6.61 Å². The van der Waals surface area contributed by atoms with Gasteiger partial charge in [-0.15, -0.1) is 0 Å². The quantitative estimate of drug-likeness (QED) is 0.285. The van der Waals surface area contributed by atoms with E-state index in [0.29, 0.717) is 13.2 Å². The summed E-state index contributed by atoms with van der Waals surface area (Å²) < 4.78 is 14.5. The van der Waals surface area contributed by atoms with Crippen molar-refractivity contribution in [3.8, 4) is 11.5 Å². The SMILES string of the molecule is Cc1cc(OC(C)c2nc3ccccc3n2CCOc2ccc(C(C)(C)C)cc2)ccc1Cl. The lowest BCUT2D eigenvalue weighted by Crippen LogP contribution is -2.16. The Bertz CT molecular complexity index is 1240. The lowest BCUT2D eigenvalue weighted by molar-refractivity contribution is 0.207. The first-order valence-electron chi connectivity index (χ1n) is 11.3. The van der Waals surface area contributed by atoms with Gasteiger partial charge in [0.1, 0.15) is 18.1 Å². The first-order valence-corrected chi connectivity index (χ1v) is 11.7. The molecule has 0 amide bonds. The van der Waals surface area contributed by atoms with Crippen molar-refractivity contribution in [1.82, 2.24) is 9.55 Å². The Morgan fingerprint density at radius 3 is 2.36 bits per heavy atom. The van der Waals surface area contributed by atoms with Gasteiger partial charge in [-0.05, 0) is 72.9 Å². The molecule has 3 aromatic carbocycles. The Hall–Kier alpha value is -2.98. The summed E-state index contributed by atoms with van der Waals surface area (Å²) in [5, 5.41) is 0.731. The van der Waals surface area contributed by atoms with E-state index >= 15 is 0 Å². The van der Waals surface area contributed by atoms with Crippen LogP contribution in [0.4, 0.5) is 0 Å². The zero-order chi connectivity index (χ0) is 23.6. The lowest BCUT2D eigenvalue weighted by atomic mass is 9.87. The summed E-state index contributed by atoms with van der Waals surface area (Å²) in [4.78, 5) is 4.87. The molecule has 0 saturated carbocycles. The first-order chi connectivity index (χ1) is 15.7. The minimum absolute atomic E-state index is 0.127. The monoisotopic (exact) mass is 462 g/mol. The summed E-state index contributed by atoms with van der Waals surface area (Å²) in [5.74, 6) is 2.52. The van der Waals surface area contributed by atoms with E-state index in [-0.39, 0.29) is 11.5 Å². The fraction of sp³-hybridized carbons (Fsp3) is 0.321. The Morgan fingerprint density at radius 2 is 1.67 bits per heavy atom. The molecule has 172 valence electrons. The van der Waals surface area contributed by atoms with Crippen LogP contribution in [0, 0.1) is 6.92 Å². The number of benzene rings is 3. The standard InChI is InChI=1S/C28H31ClN2O2/c1-19-18-23(14-15-24(19)29)33-20(2)27-30-25-8-6-7-9-26(25)31(27)16-17-32-22-12-10-21(11-13-22)28(3,4)5/h6-15,18,20H,16-17H2,1-5H3. The second-order valence-electron chi connectivity index (χ2n) is 9.40. The maximum atomic E-state index is 6.23. The van der Waals surface area contributed by atoms with E-state index in [0.717, 1.165) is 38.9 Å². The number of nitrogens with zero attached hydrogens (tertiary/aromatic N) is 2. The first kappa shape index (κ1) is 23.2. The van der Waals surface area contributed by atoms with Crippen molar-refractivity contribution in [2.24, 2.45) is 0 Å². The predicted molar refractivity (Wildman–Crippen MR) is 136 cm³/mol. The van der Waals surface area contributed by atoms with Gasteiger partial charge in [0.15, 0.2) is 11.9 Å². The number of halogens is 1. The van der Waals surface area contributed by atoms with Crippen LogP contribution in [0.1, 0.15) is 50.8 Å². The van der Waals surface area contributed by atoms with Crippen molar-refractivity contribution >= 4 is 22.6 Å². The van der Waals surface area contributed by atoms with Gasteiger partial charge in [-0.2, -0.15) is 0 Å². The predicted octanol–water partition coefficient (Wildman–Crippen LogP) is 7.51. The number of imidazole rings is 1. The highest BCUT2D eigenvalue weighted by Crippen LogP contribution is 2.28. The molecule has 4 rings (SSSR count). The molecule has 1 heterocycles. The summed E-state index contributed by atoms with van der Waals surface area (Å²) in [6.45, 7) is 11.8. The van der Waals surface area contributed by atoms with E-state index < -0.39 is 0 Å². The van der Waals surface area contributed by atoms with E-state index in [1.54, 1.807) is 0 Å². The van der Waals surface area contributed by atoms with E-state index in [2.05, 4.69) is 43.5 Å². The minimum Gasteiger partial charge on any atom is -0.492 e. The number of rotatable bonds is 7. The van der Waals surface area contributed by atoms with Crippen LogP contribution in [-0.4, -0.2) is 16.2 Å². The van der Waals surface area contributed by atoms with Crippen LogP contribution in [0.5, 0.6) is 11.5 Å². The molecular weight excluding hydrogens is 432 g/mol. The maximum Gasteiger partial charge on any atom is 0.153 e. The molecule has 0 fully saturated rings. The Morgan fingerprint density at radius 1 is 0.970 bits per heavy atom. The van der Waals surface area contributed by atoms with Crippen molar-refractivity contribution in [1.29, 1.82) is 0 Å². The van der Waals surface area contributed by atoms with Crippen LogP contribution in [-0.2, 0) is 12.0 Å². The summed E-state index contributed by atoms with van der Waals surface area (Å²) in [6, 6.07) is 22.2. The molecule has 4 aromatic rings. The fourth-order valence-corrected chi connectivity index (χ4v) is 4.01. The zero-order valence-electron chi connectivity index (χ0n) is 19.9. The van der Waals surface area contributed by atoms with Gasteiger partial charge in [0, 0.05) is 5.02 Å². The summed E-state index contributed by atoms with van der Waals surface area (Å²) in [6.07, 6.45) is -0.232. The summed E-state index contributed by atoms with van der Waals surface area (Å²) >= 11 is 6.17. The van der Waals surface area contributed by atoms with E-state index in [9.17, 15) is 0 Å². The van der Waals surface area contributed by atoms with Gasteiger partial charge in [0.25, 0.3) is 0 Å². The number of aromatic nitrogens is 2. The highest BCUT2D eigenvalue weighted by atomic mass is 35.5. The van der Waals surface area contributed by atoms with Gasteiger partial charge < -0.3 is 14.0 Å². The zero-order valence-corrected chi connectivity index (χ0v) is 20.7. The Balaban J connectivity index is 1.51. The average molecular weight is 463 g/mol. The third-order valence-corrected chi connectivity index (χ3v) is 6.22. The van der Waals surface area contributed by atoms with Crippen molar-refractivity contribution in [2.45, 2.75) is 52.7 Å². The van der Waals surface area contributed by atoms with Crippen molar-refractivity contribution < 1.29 is 9.47 Å². The van der Waals surface area contributed by atoms with Gasteiger partial charge in [0.2, 0.25) is 0 Å². The Kier molecular flexibility index (Phi) is 6.66. The molecule has 1 aromatic heterocycles. The second-order valence-corrected chi connectivity index (χ2v) is 9.81. The third kappa shape index (κ3) is 5.33. The molecule has 4 nitrogen and oxygen atoms in total. The maximum absolute atomic E-state index is 6.23. The van der Waals surface area contributed by atoms with E-state index in [4.69, 9.17) is 26.1 Å². The average Bonchev–Trinajstić information content (AvgIpc) is 3.15. The number of para-hydroxylation sites is 2. The molecule has 5 heteroatoms. The lowest BCUT2D eigenvalue weighted by Gasteiger charge is -2.19. The molecule has 0 saturated heterocycles. The molecule has 0 aliphatic rings. The van der Waals surface area contributed by atoms with Crippen LogP contribution in [0.25, 0.3) is 11.0 Å². The largest absolute Gasteiger partial charge is 0.492 e. The van der Waals surface area contributed by atoms with Gasteiger partial charge in [-0.3, -0.25) is 0 Å². The summed E-state index contributed by atoms with van der Waals surface area (Å²) in [7, 11) is 0. The van der Waals surface area contributed by atoms with Gasteiger partial charge >= 0.3 is 0 Å². The normalized spacial score (nSPS) is 12.7. The van der Waals surface area contributed by atoms with Crippen LogP contribution < -0.4 is 9.47 Å². The van der Waals surface area contributed by atoms with E-state index in [1.165, 1.54) is 5.56 Å². The molecule has 0 N–H and O–H groups in total. The van der Waals surface area contributed by atoms with Crippen LogP contribution in [0.2, 0.25) is 5.02 Å². The topological polar surface area (TPSA) is 36.3 Å². The molecule has 1 atom stereocenters. The summed E-state index contributed by atoms with van der Waals surface area (Å²) in [5.41, 5.74) is 4.43. The Labute approximate surface area is 201 Å². The fourth-order valence-electron chi connectivity index (χ4n) is 3.89. The van der Waals surface area contributed by atoms with E-state index in [1.807, 2.05) is 62.4 Å². The number of aryl methyl sites for hydroxylation is 1. The smallest absolute Gasteiger partial charge is 0.153 e. The molecule has 0 bridgehead atoms. The van der Waals surface area contributed by atoms with Gasteiger partial charge in [-0.1, -0.05) is 56.6 Å². The molecule has 0 spiro atoms. The molecule has 1 unspecified atom stereocenters. The minimum atomic E-state index is -0.232. The number of ether oxygens (including phenoxy) is 2. The third-order valence-electron chi connectivity index (χ3n) is 5.79.